The van der Waals surface area contributed by atoms with Gasteiger partial charge in [-0.05, 0) is 12.8 Å². The minimum absolute atomic E-state index is 0.0378. The summed E-state index contributed by atoms with van der Waals surface area (Å²) in [6.07, 6.45) is 1.49. The van der Waals surface area contributed by atoms with Crippen LogP contribution in [0, 0.1) is 0 Å². The third-order valence-corrected chi connectivity index (χ3v) is 2.66. The van der Waals surface area contributed by atoms with Crippen LogP contribution < -0.4 is 0 Å². The molecule has 1 fully saturated rings. The highest BCUT2D eigenvalue weighted by molar-refractivity contribution is 7.82. The van der Waals surface area contributed by atoms with Gasteiger partial charge in [0.15, 0.2) is 5.78 Å². The van der Waals surface area contributed by atoms with Gasteiger partial charge in [0, 0.05) is 0 Å². The van der Waals surface area contributed by atoms with E-state index >= 15 is 0 Å². The molecule has 3 heteroatoms. The lowest BCUT2D eigenvalue weighted by Gasteiger charge is -2.09. The first-order chi connectivity index (χ1) is 5.20. The summed E-state index contributed by atoms with van der Waals surface area (Å²) in [4.78, 5) is 11.3. The molecule has 3 unspecified atom stereocenters. The molecule has 1 saturated heterocycles. The van der Waals surface area contributed by atoms with Gasteiger partial charge in [-0.15, -0.1) is 0 Å². The van der Waals surface area contributed by atoms with E-state index in [1.54, 1.807) is 0 Å². The molecular weight excluding hydrogens is 160 g/mol. The topological polar surface area (TPSA) is 26.3 Å². The largest absolute Gasteiger partial charge is 0.366 e. The predicted octanol–water partition coefficient (Wildman–Crippen LogP) is 1.44. The summed E-state index contributed by atoms with van der Waals surface area (Å²) in [5.74, 6) is 0.155. The highest BCUT2D eigenvalue weighted by atomic mass is 32.1. The summed E-state index contributed by atoms with van der Waals surface area (Å²) in [7, 11) is 0. The van der Waals surface area contributed by atoms with Crippen molar-refractivity contribution in [1.82, 2.24) is 0 Å². The van der Waals surface area contributed by atoms with Crippen LogP contribution in [0.25, 0.3) is 0 Å². The fraction of sp³-hybridized carbons (Fsp3) is 0.875. The van der Waals surface area contributed by atoms with E-state index in [1.807, 2.05) is 13.8 Å². The van der Waals surface area contributed by atoms with Crippen molar-refractivity contribution in [3.05, 3.63) is 0 Å². The van der Waals surface area contributed by atoms with E-state index in [0.29, 0.717) is 0 Å². The Balaban J connectivity index is 2.61. The summed E-state index contributed by atoms with van der Waals surface area (Å²) in [6, 6.07) is 0. The lowest BCUT2D eigenvalue weighted by molar-refractivity contribution is -0.122. The van der Waals surface area contributed by atoms with Gasteiger partial charge in [0.05, 0.1) is 11.4 Å². The molecule has 1 heterocycles. The third-order valence-electron chi connectivity index (χ3n) is 2.07. The summed E-state index contributed by atoms with van der Waals surface area (Å²) < 4.78 is 5.46. The Morgan fingerprint density at radius 2 is 2.09 bits per heavy atom. The Labute approximate surface area is 72.7 Å². The van der Waals surface area contributed by atoms with Crippen LogP contribution in [-0.2, 0) is 9.53 Å². The average Bonchev–Trinajstić information content (AvgIpc) is 2.30. The third kappa shape index (κ3) is 1.59. The lowest BCUT2D eigenvalue weighted by Crippen LogP contribution is -2.21. The van der Waals surface area contributed by atoms with Crippen molar-refractivity contribution in [3.63, 3.8) is 0 Å². The Bertz CT molecular complexity index is 154. The van der Waals surface area contributed by atoms with Crippen molar-refractivity contribution >= 4 is 18.4 Å². The fourth-order valence-corrected chi connectivity index (χ4v) is 1.79. The molecule has 0 amide bonds. The van der Waals surface area contributed by atoms with E-state index in [9.17, 15) is 4.79 Å². The van der Waals surface area contributed by atoms with Gasteiger partial charge < -0.3 is 4.74 Å². The van der Waals surface area contributed by atoms with E-state index in [-0.39, 0.29) is 23.2 Å². The van der Waals surface area contributed by atoms with E-state index in [4.69, 9.17) is 4.74 Å². The smallest absolute Gasteiger partial charge is 0.176 e. The van der Waals surface area contributed by atoms with Gasteiger partial charge in [-0.1, -0.05) is 13.8 Å². The molecule has 0 bridgehead atoms. The molecule has 0 aromatic carbocycles. The standard InChI is InChI=1S/C8H14O2S/c1-3-5-7(9)8(11)6(4-2)10-5/h5-6,8,11H,3-4H2,1-2H3. The number of Topliss-reactive ketones (excluding diaryl/α,β-unsaturated/α-hetero) is 1. The van der Waals surface area contributed by atoms with Crippen LogP contribution in [0.3, 0.4) is 0 Å². The van der Waals surface area contributed by atoms with Crippen molar-refractivity contribution in [1.29, 1.82) is 0 Å². The first kappa shape index (κ1) is 9.07. The molecule has 1 aliphatic heterocycles. The van der Waals surface area contributed by atoms with Gasteiger partial charge in [0.1, 0.15) is 6.10 Å². The average molecular weight is 174 g/mol. The summed E-state index contributed by atoms with van der Waals surface area (Å²) in [5.41, 5.74) is 0. The van der Waals surface area contributed by atoms with Crippen molar-refractivity contribution in [2.24, 2.45) is 0 Å². The van der Waals surface area contributed by atoms with Gasteiger partial charge in [-0.3, -0.25) is 4.79 Å². The Hall–Kier alpha value is -0.0200. The Morgan fingerprint density at radius 3 is 2.36 bits per heavy atom. The molecule has 0 aromatic heterocycles. The number of carbonyl (C=O) groups is 1. The van der Waals surface area contributed by atoms with Crippen LogP contribution in [0.1, 0.15) is 26.7 Å². The van der Waals surface area contributed by atoms with Crippen LogP contribution >= 0.6 is 12.6 Å². The lowest BCUT2D eigenvalue weighted by atomic mass is 10.1. The second-order valence-corrected chi connectivity index (χ2v) is 3.38. The minimum atomic E-state index is -0.192. The molecule has 11 heavy (non-hydrogen) atoms. The van der Waals surface area contributed by atoms with Crippen molar-refractivity contribution in [2.45, 2.75) is 44.1 Å². The Morgan fingerprint density at radius 1 is 1.45 bits per heavy atom. The van der Waals surface area contributed by atoms with Gasteiger partial charge >= 0.3 is 0 Å². The number of carbonyl (C=O) groups excluding carboxylic acids is 1. The molecule has 0 radical (unpaired) electrons. The molecule has 0 N–H and O–H groups in total. The maximum absolute atomic E-state index is 11.3. The predicted molar refractivity (Wildman–Crippen MR) is 47.0 cm³/mol. The number of thiol groups is 1. The highest BCUT2D eigenvalue weighted by Gasteiger charge is 2.38. The van der Waals surface area contributed by atoms with E-state index in [2.05, 4.69) is 12.6 Å². The van der Waals surface area contributed by atoms with Crippen LogP contribution in [0.15, 0.2) is 0 Å². The van der Waals surface area contributed by atoms with E-state index < -0.39 is 0 Å². The first-order valence-electron chi connectivity index (χ1n) is 4.08. The van der Waals surface area contributed by atoms with Crippen molar-refractivity contribution in [2.75, 3.05) is 0 Å². The molecule has 1 aliphatic rings. The zero-order valence-electron chi connectivity index (χ0n) is 6.91. The first-order valence-corrected chi connectivity index (χ1v) is 4.59. The zero-order valence-corrected chi connectivity index (χ0v) is 7.80. The maximum atomic E-state index is 11.3. The summed E-state index contributed by atoms with van der Waals surface area (Å²) in [5, 5.41) is -0.190. The fourth-order valence-electron chi connectivity index (χ4n) is 1.34. The SMILES string of the molecule is CCC1OC(CC)C(S)C1=O. The quantitative estimate of drug-likeness (QED) is 0.641. The second kappa shape index (κ2) is 3.59. The highest BCUT2D eigenvalue weighted by Crippen LogP contribution is 2.25. The molecule has 0 aromatic rings. The number of hydrogen-bond donors (Lipinski definition) is 1. The number of rotatable bonds is 2. The maximum Gasteiger partial charge on any atom is 0.176 e. The number of hydrogen-bond acceptors (Lipinski definition) is 3. The molecule has 64 valence electrons. The van der Waals surface area contributed by atoms with Crippen molar-refractivity contribution < 1.29 is 9.53 Å². The molecule has 1 rings (SSSR count). The van der Waals surface area contributed by atoms with Gasteiger partial charge in [0.2, 0.25) is 0 Å². The van der Waals surface area contributed by atoms with Crippen molar-refractivity contribution in [3.8, 4) is 0 Å². The second-order valence-electron chi connectivity index (χ2n) is 2.83. The Kier molecular flexibility index (Phi) is 2.96. The van der Waals surface area contributed by atoms with E-state index in [1.165, 1.54) is 0 Å². The molecule has 0 saturated carbocycles. The molecule has 0 spiro atoms. The van der Waals surface area contributed by atoms with Crippen LogP contribution in [-0.4, -0.2) is 23.2 Å². The van der Waals surface area contributed by atoms with Crippen LogP contribution in [0.4, 0.5) is 0 Å². The van der Waals surface area contributed by atoms with Gasteiger partial charge in [-0.2, -0.15) is 12.6 Å². The number of ketones is 1. The van der Waals surface area contributed by atoms with Gasteiger partial charge in [-0.25, -0.2) is 0 Å². The molecule has 0 aliphatic carbocycles. The number of ether oxygens (including phenoxy) is 1. The monoisotopic (exact) mass is 174 g/mol. The summed E-state index contributed by atoms with van der Waals surface area (Å²) in [6.45, 7) is 3.97. The van der Waals surface area contributed by atoms with Crippen LogP contribution in [0.2, 0.25) is 0 Å². The van der Waals surface area contributed by atoms with Gasteiger partial charge in [0.25, 0.3) is 0 Å². The molecule has 2 nitrogen and oxygen atoms in total. The zero-order chi connectivity index (χ0) is 8.43. The molecular formula is C8H14O2S. The minimum Gasteiger partial charge on any atom is -0.366 e. The van der Waals surface area contributed by atoms with E-state index in [0.717, 1.165) is 12.8 Å². The molecule has 3 atom stereocenters. The van der Waals surface area contributed by atoms with Crippen LogP contribution in [0.5, 0.6) is 0 Å². The summed E-state index contributed by atoms with van der Waals surface area (Å²) >= 11 is 4.20. The normalized spacial score (nSPS) is 38.1.